The zero-order chi connectivity index (χ0) is 28.9. The monoisotopic (exact) mass is 598 g/mol. The Bertz CT molecular complexity index is 879. The highest BCUT2D eigenvalue weighted by Crippen LogP contribution is 2.47. The van der Waals surface area contributed by atoms with Crippen molar-refractivity contribution in [2.75, 3.05) is 26.9 Å². The molecule has 0 bridgehead atoms. The van der Waals surface area contributed by atoms with Crippen molar-refractivity contribution in [2.24, 2.45) is 0 Å². The van der Waals surface area contributed by atoms with Gasteiger partial charge in [0.15, 0.2) is 18.5 Å². The summed E-state index contributed by atoms with van der Waals surface area (Å²) < 4.78 is 23.6. The number of aryl methyl sites for hydroxylation is 1. The first kappa shape index (κ1) is 35.1. The van der Waals surface area contributed by atoms with E-state index in [1.165, 1.54) is 81.9 Å². The first-order valence-corrected chi connectivity index (χ1v) is 17.6. The molecule has 1 heterocycles. The molecule has 0 aliphatic rings. The second kappa shape index (κ2) is 21.6. The van der Waals surface area contributed by atoms with Crippen molar-refractivity contribution >= 4 is 19.5 Å². The summed E-state index contributed by atoms with van der Waals surface area (Å²) in [6.45, 7) is 5.94. The third kappa shape index (κ3) is 17.0. The van der Waals surface area contributed by atoms with Crippen LogP contribution >= 0.6 is 19.5 Å². The Morgan fingerprint density at radius 1 is 0.875 bits per heavy atom. The van der Waals surface area contributed by atoms with Crippen molar-refractivity contribution < 1.29 is 32.9 Å². The molecule has 1 N–H and O–H groups in total. The zero-order valence-electron chi connectivity index (χ0n) is 25.1. The second-order valence-corrected chi connectivity index (χ2v) is 13.1. The number of ether oxygens (including phenoxy) is 2. The highest BCUT2D eigenvalue weighted by Gasteiger charge is 2.31. The maximum absolute atomic E-state index is 12.4. The van der Waals surface area contributed by atoms with Gasteiger partial charge in [0.05, 0.1) is 11.5 Å². The normalized spacial score (nSPS) is 13.8. The summed E-state index contributed by atoms with van der Waals surface area (Å²) in [4.78, 5) is 23.8. The van der Waals surface area contributed by atoms with Gasteiger partial charge in [0, 0.05) is 19.3 Å². The lowest BCUT2D eigenvalue weighted by Gasteiger charge is -2.22. The molecule has 2 atom stereocenters. The quantitative estimate of drug-likeness (QED) is 0.0732. The number of hydrogen-bond acceptors (Lipinski definition) is 7. The van der Waals surface area contributed by atoms with Crippen LogP contribution in [0, 0.1) is 6.92 Å². The summed E-state index contributed by atoms with van der Waals surface area (Å²) in [6, 6.07) is 7.10. The summed E-state index contributed by atoms with van der Waals surface area (Å²) >= 11 is 1.69. The Morgan fingerprint density at radius 3 is 1.98 bits per heavy atom. The number of phosphoric acid groups is 1. The fourth-order valence-corrected chi connectivity index (χ4v) is 5.96. The third-order valence-electron chi connectivity index (χ3n) is 6.93. The number of hydrogen-bond donors (Lipinski definition) is 1. The highest BCUT2D eigenvalue weighted by molar-refractivity contribution is 7.53. The number of unbranched alkanes of at least 4 members (excludes halogenated alkanes) is 13. The summed E-state index contributed by atoms with van der Waals surface area (Å²) in [7, 11) is -2.73. The number of aromatic nitrogens is 1. The predicted octanol–water partition coefficient (Wildman–Crippen LogP) is 7.33. The average Bonchev–Trinajstić information content (AvgIpc) is 3.35. The van der Waals surface area contributed by atoms with Crippen LogP contribution in [0.1, 0.15) is 107 Å². The molecule has 0 saturated heterocycles. The maximum Gasteiger partial charge on any atom is 0.426 e. The van der Waals surface area contributed by atoms with Crippen LogP contribution in [0.2, 0.25) is 0 Å². The Hall–Kier alpha value is -1.12. The van der Waals surface area contributed by atoms with Crippen molar-refractivity contribution in [3.05, 3.63) is 46.4 Å². The van der Waals surface area contributed by atoms with E-state index >= 15 is 0 Å². The molecule has 0 aliphatic heterocycles. The van der Waals surface area contributed by atoms with Gasteiger partial charge in [0.25, 0.3) is 0 Å². The lowest BCUT2D eigenvalue weighted by Crippen LogP contribution is -2.30. The van der Waals surface area contributed by atoms with Gasteiger partial charge in [-0.15, -0.1) is 0 Å². The first-order chi connectivity index (χ1) is 19.4. The minimum atomic E-state index is -4.27. The Balaban J connectivity index is 1.47. The molecule has 1 aromatic carbocycles. The van der Waals surface area contributed by atoms with Gasteiger partial charge >= 0.3 is 8.17 Å². The van der Waals surface area contributed by atoms with Crippen LogP contribution in [0.5, 0.6) is 5.75 Å². The smallest absolute Gasteiger partial charge is 0.426 e. The van der Waals surface area contributed by atoms with Crippen LogP contribution in [0.3, 0.4) is 0 Å². The van der Waals surface area contributed by atoms with Crippen LogP contribution in [-0.2, 0) is 20.5 Å². The minimum Gasteiger partial charge on any atom is -0.598 e. The molecule has 0 aliphatic carbocycles. The van der Waals surface area contributed by atoms with Crippen LogP contribution in [0.15, 0.2) is 36.0 Å². The number of methoxy groups -OCH3 is 1. The van der Waals surface area contributed by atoms with Gasteiger partial charge in [-0.25, -0.2) is 0 Å². The van der Waals surface area contributed by atoms with E-state index < -0.39 is 14.3 Å². The third-order valence-corrected chi connectivity index (χ3v) is 8.70. The lowest BCUT2D eigenvalue weighted by atomic mass is 10.0. The number of nitrogens with zero attached hydrogens (tertiary/aromatic N) is 1. The van der Waals surface area contributed by atoms with E-state index in [1.807, 2.05) is 12.1 Å². The molecule has 1 aromatic heterocycles. The van der Waals surface area contributed by atoms with Crippen molar-refractivity contribution in [2.45, 2.75) is 116 Å². The number of phosphoric ester groups is 1. The minimum absolute atomic E-state index is 0.0880. The van der Waals surface area contributed by atoms with Gasteiger partial charge in [-0.1, -0.05) is 102 Å². The van der Waals surface area contributed by atoms with Gasteiger partial charge < -0.3 is 14.4 Å². The van der Waals surface area contributed by atoms with Crippen LogP contribution in [-0.4, -0.2) is 37.9 Å². The number of benzene rings is 1. The topological polar surface area (TPSA) is 84.1 Å². The Labute approximate surface area is 247 Å². The predicted molar refractivity (Wildman–Crippen MR) is 162 cm³/mol. The van der Waals surface area contributed by atoms with E-state index in [9.17, 15) is 9.79 Å². The molecule has 0 fully saturated rings. The summed E-state index contributed by atoms with van der Waals surface area (Å²) in [6.07, 6.45) is 20.2. The lowest BCUT2D eigenvalue weighted by molar-refractivity contribution is -0.683. The van der Waals surface area contributed by atoms with E-state index in [0.29, 0.717) is 13.2 Å². The molecule has 40 heavy (non-hydrogen) atoms. The molecule has 2 aromatic rings. The van der Waals surface area contributed by atoms with Gasteiger partial charge in [0.1, 0.15) is 12.7 Å². The summed E-state index contributed by atoms with van der Waals surface area (Å²) in [5.41, 5.74) is 3.13. The van der Waals surface area contributed by atoms with Crippen molar-refractivity contribution in [3.63, 3.8) is 0 Å². The molecule has 9 heteroatoms. The Morgan fingerprint density at radius 2 is 1.45 bits per heavy atom. The van der Waals surface area contributed by atoms with E-state index in [-0.39, 0.29) is 12.4 Å². The van der Waals surface area contributed by atoms with Gasteiger partial charge in [-0.3, -0.25) is 4.52 Å². The second-order valence-electron chi connectivity index (χ2n) is 10.7. The van der Waals surface area contributed by atoms with Crippen LogP contribution in [0.4, 0.5) is 0 Å². The molecular weight excluding hydrogens is 545 g/mol. The van der Waals surface area contributed by atoms with Gasteiger partial charge in [0.2, 0.25) is 5.51 Å². The SMILES string of the molecule is CCCCCCCCCCCCCCCCOC[C@H](CO[P+]([O-])(O)Oc1ccc(C[n+]2csc(C)c2)cc1)OC. The molecule has 0 radical (unpaired) electrons. The van der Waals surface area contributed by atoms with Crippen molar-refractivity contribution in [3.8, 4) is 5.75 Å². The van der Waals surface area contributed by atoms with Crippen LogP contribution < -0.4 is 14.0 Å². The molecule has 228 valence electrons. The summed E-state index contributed by atoms with van der Waals surface area (Å²) in [5, 5.41) is 0. The number of rotatable bonds is 25. The standard InChI is InChI=1S/C31H52NO6PS/c1-4-5-6-7-8-9-10-11-12-13-14-15-16-17-22-36-25-31(35-3)26-37-39(33,34)38-30-20-18-29(19-21-30)24-32-23-28(2)40-27-32/h18-21,23,27,31H,4-17,22,24-26H2,1-3H3/p+1/t31-/m1/s1. The molecule has 7 nitrogen and oxygen atoms in total. The fourth-order valence-electron chi connectivity index (χ4n) is 4.53. The maximum atomic E-state index is 12.4. The van der Waals surface area contributed by atoms with Gasteiger partial charge in [-0.2, -0.15) is 14.0 Å². The molecule has 0 spiro atoms. The average molecular weight is 599 g/mol. The van der Waals surface area contributed by atoms with Crippen LogP contribution in [0.25, 0.3) is 0 Å². The van der Waals surface area contributed by atoms with Crippen molar-refractivity contribution in [1.29, 1.82) is 0 Å². The summed E-state index contributed by atoms with van der Waals surface area (Å²) in [5.74, 6) is 0.282. The zero-order valence-corrected chi connectivity index (χ0v) is 26.8. The molecule has 1 unspecified atom stereocenters. The first-order valence-electron chi connectivity index (χ1n) is 15.2. The molecule has 0 saturated carbocycles. The van der Waals surface area contributed by atoms with E-state index in [2.05, 4.69) is 30.1 Å². The fraction of sp³-hybridized carbons (Fsp3) is 0.710. The largest absolute Gasteiger partial charge is 0.598 e. The van der Waals surface area contributed by atoms with Gasteiger partial charge in [-0.05, 0) is 37.6 Å². The molecular formula is C31H53NO6PS+. The number of thiazole rings is 1. The van der Waals surface area contributed by atoms with E-state index in [4.69, 9.17) is 18.5 Å². The highest BCUT2D eigenvalue weighted by atomic mass is 32.1. The van der Waals surface area contributed by atoms with E-state index in [1.54, 1.807) is 30.6 Å². The molecule has 0 amide bonds. The van der Waals surface area contributed by atoms with Crippen molar-refractivity contribution in [1.82, 2.24) is 0 Å². The van der Waals surface area contributed by atoms with E-state index in [0.717, 1.165) is 24.9 Å². The molecule has 2 rings (SSSR count). The Kier molecular flexibility index (Phi) is 18.9.